The molecule has 25 heavy (non-hydrogen) atoms. The molecule has 0 bridgehead atoms. The number of morpholine rings is 1. The summed E-state index contributed by atoms with van der Waals surface area (Å²) in [5.74, 6) is 0.101. The molecule has 2 saturated heterocycles. The maximum Gasteiger partial charge on any atom is 0.236 e. The van der Waals surface area contributed by atoms with Gasteiger partial charge in [-0.05, 0) is 18.9 Å². The molecular weight excluding hydrogens is 322 g/mol. The topological polar surface area (TPSA) is 79.7 Å². The van der Waals surface area contributed by atoms with E-state index in [2.05, 4.69) is 15.3 Å². The summed E-state index contributed by atoms with van der Waals surface area (Å²) < 4.78 is 7.65. The Bertz CT molecular complexity index is 577. The van der Waals surface area contributed by atoms with Crippen LogP contribution in [0.25, 0.3) is 0 Å². The number of piperidine rings is 1. The third kappa shape index (κ3) is 5.27. The molecule has 8 heteroatoms. The largest absolute Gasteiger partial charge is 0.374 e. The van der Waals surface area contributed by atoms with Crippen LogP contribution in [0.5, 0.6) is 0 Å². The fraction of sp³-hybridized carbons (Fsp3) is 0.706. The van der Waals surface area contributed by atoms with Crippen molar-refractivity contribution >= 4 is 11.8 Å². The Morgan fingerprint density at radius 1 is 1.32 bits per heavy atom. The van der Waals surface area contributed by atoms with Crippen LogP contribution < -0.4 is 5.32 Å². The normalized spacial score (nSPS) is 24.9. The summed E-state index contributed by atoms with van der Waals surface area (Å²) >= 11 is 0. The summed E-state index contributed by atoms with van der Waals surface area (Å²) in [6, 6.07) is 1.97. The van der Waals surface area contributed by atoms with Gasteiger partial charge in [-0.1, -0.05) is 0 Å². The highest BCUT2D eigenvalue weighted by atomic mass is 16.5. The van der Waals surface area contributed by atoms with Crippen molar-refractivity contribution < 1.29 is 14.3 Å². The number of hydrogen-bond donors (Lipinski definition) is 1. The van der Waals surface area contributed by atoms with E-state index in [0.29, 0.717) is 26.2 Å². The van der Waals surface area contributed by atoms with Crippen molar-refractivity contribution in [3.05, 3.63) is 18.5 Å². The zero-order valence-corrected chi connectivity index (χ0v) is 14.8. The van der Waals surface area contributed by atoms with Gasteiger partial charge < -0.3 is 15.0 Å². The Hall–Kier alpha value is -1.93. The molecule has 0 saturated carbocycles. The highest BCUT2D eigenvalue weighted by Gasteiger charge is 2.27. The Kier molecular flexibility index (Phi) is 6.04. The maximum absolute atomic E-state index is 12.6. The van der Waals surface area contributed by atoms with Gasteiger partial charge in [0.15, 0.2) is 0 Å². The smallest absolute Gasteiger partial charge is 0.236 e. The Labute approximate surface area is 148 Å². The molecule has 2 aliphatic heterocycles. The minimum absolute atomic E-state index is 0.0334. The summed E-state index contributed by atoms with van der Waals surface area (Å²) in [6.45, 7) is 6.15. The second-order valence-corrected chi connectivity index (χ2v) is 6.84. The van der Waals surface area contributed by atoms with E-state index in [4.69, 9.17) is 4.74 Å². The summed E-state index contributed by atoms with van der Waals surface area (Å²) in [5.41, 5.74) is 0. The van der Waals surface area contributed by atoms with Gasteiger partial charge in [0.05, 0.1) is 25.8 Å². The predicted octanol–water partition coefficient (Wildman–Crippen LogP) is -0.289. The van der Waals surface area contributed by atoms with Crippen LogP contribution in [-0.4, -0.2) is 82.9 Å². The number of nitrogens with zero attached hydrogens (tertiary/aromatic N) is 4. The van der Waals surface area contributed by atoms with Gasteiger partial charge in [-0.2, -0.15) is 5.10 Å². The summed E-state index contributed by atoms with van der Waals surface area (Å²) in [4.78, 5) is 27.9. The lowest BCUT2D eigenvalue weighted by atomic mass is 10.1. The number of nitrogens with one attached hydrogen (secondary N) is 1. The highest BCUT2D eigenvalue weighted by molar-refractivity contribution is 5.78. The van der Waals surface area contributed by atoms with Gasteiger partial charge in [0.1, 0.15) is 0 Å². The van der Waals surface area contributed by atoms with Crippen molar-refractivity contribution in [3.63, 3.8) is 0 Å². The molecule has 3 rings (SSSR count). The monoisotopic (exact) mass is 349 g/mol. The average molecular weight is 349 g/mol. The number of amides is 2. The second-order valence-electron chi connectivity index (χ2n) is 6.84. The van der Waals surface area contributed by atoms with Gasteiger partial charge in [0.25, 0.3) is 0 Å². The number of hydrogen-bond acceptors (Lipinski definition) is 5. The van der Waals surface area contributed by atoms with Crippen molar-refractivity contribution in [2.24, 2.45) is 0 Å². The van der Waals surface area contributed by atoms with Crippen LogP contribution in [0.1, 0.15) is 19.8 Å². The first-order valence-corrected chi connectivity index (χ1v) is 8.96. The number of aromatic nitrogens is 2. The average Bonchev–Trinajstić information content (AvgIpc) is 3.08. The molecule has 2 atom stereocenters. The number of likely N-dealkylation sites (tertiary alicyclic amines) is 1. The van der Waals surface area contributed by atoms with E-state index >= 15 is 0 Å². The summed E-state index contributed by atoms with van der Waals surface area (Å²) in [5, 5.41) is 7.14. The number of carbonyl (C=O) groups excluding carboxylic acids is 2. The summed E-state index contributed by atoms with van der Waals surface area (Å²) in [6.07, 6.45) is 5.60. The molecule has 0 radical (unpaired) electrons. The van der Waals surface area contributed by atoms with Gasteiger partial charge >= 0.3 is 0 Å². The van der Waals surface area contributed by atoms with Crippen LogP contribution in [0.3, 0.4) is 0 Å². The molecule has 2 amide bonds. The van der Waals surface area contributed by atoms with Crippen LogP contribution in [0.2, 0.25) is 0 Å². The number of rotatable bonds is 5. The summed E-state index contributed by atoms with van der Waals surface area (Å²) in [7, 11) is 0. The lowest BCUT2D eigenvalue weighted by molar-refractivity contribution is -0.136. The van der Waals surface area contributed by atoms with Crippen LogP contribution in [0, 0.1) is 0 Å². The predicted molar refractivity (Wildman–Crippen MR) is 91.8 cm³/mol. The van der Waals surface area contributed by atoms with Gasteiger partial charge in [-0.25, -0.2) is 0 Å². The van der Waals surface area contributed by atoms with Crippen LogP contribution in [0.15, 0.2) is 18.5 Å². The fourth-order valence-corrected chi connectivity index (χ4v) is 3.55. The van der Waals surface area contributed by atoms with Gasteiger partial charge in [0, 0.05) is 51.5 Å². The maximum atomic E-state index is 12.6. The molecular formula is C17H27N5O3. The molecule has 138 valence electrons. The van der Waals surface area contributed by atoms with Crippen LogP contribution in [0.4, 0.5) is 0 Å². The minimum Gasteiger partial charge on any atom is -0.374 e. The zero-order chi connectivity index (χ0) is 17.6. The minimum atomic E-state index is -0.0334. The van der Waals surface area contributed by atoms with Crippen LogP contribution >= 0.6 is 0 Å². The lowest BCUT2D eigenvalue weighted by Gasteiger charge is -2.36. The van der Waals surface area contributed by atoms with E-state index in [-0.39, 0.29) is 24.0 Å². The molecule has 0 unspecified atom stereocenters. The quantitative estimate of drug-likeness (QED) is 0.790. The molecule has 3 heterocycles. The molecule has 1 N–H and O–H groups in total. The third-order valence-electron chi connectivity index (χ3n) is 4.71. The van der Waals surface area contributed by atoms with E-state index in [0.717, 1.165) is 32.5 Å². The van der Waals surface area contributed by atoms with E-state index in [1.54, 1.807) is 6.20 Å². The molecule has 2 aliphatic rings. The standard InChI is InChI=1S/C17H27N5O3/c1-14(23)19-15-4-2-6-21(10-15)17(24)13-20-8-9-25-16(11-20)12-22-7-3-5-18-22/h3,5,7,15-16H,2,4,6,8-13H2,1H3,(H,19,23)/t15-,16+/m1/s1. The molecule has 0 spiro atoms. The van der Waals surface area contributed by atoms with E-state index in [1.165, 1.54) is 6.92 Å². The van der Waals surface area contributed by atoms with Crippen LogP contribution in [-0.2, 0) is 20.9 Å². The van der Waals surface area contributed by atoms with E-state index in [9.17, 15) is 9.59 Å². The first-order valence-electron chi connectivity index (χ1n) is 8.96. The second kappa shape index (κ2) is 8.44. The third-order valence-corrected chi connectivity index (χ3v) is 4.71. The van der Waals surface area contributed by atoms with Crippen molar-refractivity contribution in [3.8, 4) is 0 Å². The Morgan fingerprint density at radius 2 is 2.20 bits per heavy atom. The first kappa shape index (κ1) is 17.9. The Balaban J connectivity index is 1.47. The first-order chi connectivity index (χ1) is 12.1. The molecule has 0 aromatic carbocycles. The Morgan fingerprint density at radius 3 is 2.96 bits per heavy atom. The molecule has 1 aromatic heterocycles. The SMILES string of the molecule is CC(=O)N[C@@H]1CCCN(C(=O)CN2CCO[C@H](Cn3cccn3)C2)C1. The zero-order valence-electron chi connectivity index (χ0n) is 14.8. The van der Waals surface area contributed by atoms with Crippen molar-refractivity contribution in [2.75, 3.05) is 39.3 Å². The molecule has 8 nitrogen and oxygen atoms in total. The molecule has 1 aromatic rings. The van der Waals surface area contributed by atoms with Crippen molar-refractivity contribution in [2.45, 2.75) is 38.5 Å². The van der Waals surface area contributed by atoms with Crippen molar-refractivity contribution in [1.29, 1.82) is 0 Å². The lowest BCUT2D eigenvalue weighted by Crippen LogP contribution is -2.53. The van der Waals surface area contributed by atoms with E-state index < -0.39 is 0 Å². The molecule has 2 fully saturated rings. The van der Waals surface area contributed by atoms with E-state index in [1.807, 2.05) is 21.8 Å². The van der Waals surface area contributed by atoms with Gasteiger partial charge in [-0.3, -0.25) is 19.2 Å². The van der Waals surface area contributed by atoms with Gasteiger partial charge in [0.2, 0.25) is 11.8 Å². The molecule has 0 aliphatic carbocycles. The number of ether oxygens (including phenoxy) is 1. The van der Waals surface area contributed by atoms with Crippen molar-refractivity contribution in [1.82, 2.24) is 24.9 Å². The number of carbonyl (C=O) groups is 2. The van der Waals surface area contributed by atoms with Gasteiger partial charge in [-0.15, -0.1) is 0 Å². The fourth-order valence-electron chi connectivity index (χ4n) is 3.55. The highest BCUT2D eigenvalue weighted by Crippen LogP contribution is 2.12.